The molecule has 2 aromatic rings. The van der Waals surface area contributed by atoms with Gasteiger partial charge in [-0.05, 0) is 49.8 Å². The molecule has 1 unspecified atom stereocenters. The number of fused-ring (bicyclic) bond motifs is 1. The van der Waals surface area contributed by atoms with Gasteiger partial charge in [-0.1, -0.05) is 12.8 Å². The van der Waals surface area contributed by atoms with E-state index >= 15 is 0 Å². The lowest BCUT2D eigenvalue weighted by atomic mass is 9.93. The number of nitro benzene ring substituents is 1. The van der Waals surface area contributed by atoms with Crippen LogP contribution in [0.4, 0.5) is 11.4 Å². The maximum Gasteiger partial charge on any atom is 0.293 e. The van der Waals surface area contributed by atoms with E-state index in [1.165, 1.54) is 22.5 Å². The Balaban J connectivity index is 1.58. The summed E-state index contributed by atoms with van der Waals surface area (Å²) >= 11 is 0. The maximum atomic E-state index is 13.0. The van der Waals surface area contributed by atoms with Gasteiger partial charge in [-0.25, -0.2) is 8.42 Å². The summed E-state index contributed by atoms with van der Waals surface area (Å²) in [6.07, 6.45) is 7.80. The molecule has 1 fully saturated rings. The molecular weight excluding hydrogens is 394 g/mol. The van der Waals surface area contributed by atoms with Crippen molar-refractivity contribution in [2.24, 2.45) is 0 Å². The first-order valence-electron chi connectivity index (χ1n) is 10.0. The zero-order valence-electron chi connectivity index (χ0n) is 16.1. The van der Waals surface area contributed by atoms with Crippen LogP contribution in [0.15, 0.2) is 29.3 Å². The average Bonchev–Trinajstić information content (AvgIpc) is 2.98. The molecule has 29 heavy (non-hydrogen) atoms. The van der Waals surface area contributed by atoms with Crippen LogP contribution in [0.2, 0.25) is 0 Å². The lowest BCUT2D eigenvalue weighted by molar-refractivity contribution is -0.384. The standard InChI is InChI=1S/C19H25N5O4S/c25-24(26)19-12-16(29(27,28)23-9-3-1-2-4-10-23)6-8-18(19)21-15-5-7-17-14(11-15)13-20-22-17/h6,8,12-13,15,21H,1-5,7,9-11H2,(H,20,22). The zero-order valence-corrected chi connectivity index (χ0v) is 17.0. The Bertz CT molecular complexity index is 996. The van der Waals surface area contributed by atoms with Gasteiger partial charge >= 0.3 is 0 Å². The third-order valence-electron chi connectivity index (χ3n) is 5.74. The summed E-state index contributed by atoms with van der Waals surface area (Å²) in [6.45, 7) is 0.927. The van der Waals surface area contributed by atoms with Gasteiger partial charge < -0.3 is 5.32 Å². The van der Waals surface area contributed by atoms with Gasteiger partial charge in [-0.15, -0.1) is 0 Å². The molecule has 2 N–H and O–H groups in total. The Morgan fingerprint density at radius 2 is 1.97 bits per heavy atom. The first kappa shape index (κ1) is 19.8. The number of rotatable bonds is 5. The van der Waals surface area contributed by atoms with Gasteiger partial charge in [0.2, 0.25) is 10.0 Å². The maximum absolute atomic E-state index is 13.0. The van der Waals surface area contributed by atoms with E-state index in [-0.39, 0.29) is 16.6 Å². The van der Waals surface area contributed by atoms with E-state index in [9.17, 15) is 18.5 Å². The van der Waals surface area contributed by atoms with Crippen molar-refractivity contribution in [3.63, 3.8) is 0 Å². The van der Waals surface area contributed by atoms with Gasteiger partial charge in [0, 0.05) is 30.9 Å². The quantitative estimate of drug-likeness (QED) is 0.568. The molecular formula is C19H25N5O4S. The highest BCUT2D eigenvalue weighted by Crippen LogP contribution is 2.32. The summed E-state index contributed by atoms with van der Waals surface area (Å²) < 4.78 is 27.4. The topological polar surface area (TPSA) is 121 Å². The highest BCUT2D eigenvalue weighted by molar-refractivity contribution is 7.89. The van der Waals surface area contributed by atoms with Gasteiger partial charge in [0.15, 0.2) is 0 Å². The lowest BCUT2D eigenvalue weighted by Crippen LogP contribution is -2.32. The number of sulfonamides is 1. The van der Waals surface area contributed by atoms with Crippen molar-refractivity contribution in [2.45, 2.75) is 55.9 Å². The fourth-order valence-corrected chi connectivity index (χ4v) is 5.67. The van der Waals surface area contributed by atoms with Crippen LogP contribution >= 0.6 is 0 Å². The molecule has 156 valence electrons. The highest BCUT2D eigenvalue weighted by atomic mass is 32.2. The second-order valence-electron chi connectivity index (χ2n) is 7.71. The Kier molecular flexibility index (Phi) is 5.55. The third-order valence-corrected chi connectivity index (χ3v) is 7.64. The van der Waals surface area contributed by atoms with E-state index in [1.54, 1.807) is 6.20 Å². The van der Waals surface area contributed by atoms with Crippen molar-refractivity contribution >= 4 is 21.4 Å². The van der Waals surface area contributed by atoms with Crippen LogP contribution in [0.5, 0.6) is 0 Å². The fourth-order valence-electron chi connectivity index (χ4n) is 4.14. The smallest absolute Gasteiger partial charge is 0.293 e. The first-order chi connectivity index (χ1) is 13.9. The number of aromatic amines is 1. The van der Waals surface area contributed by atoms with Crippen molar-refractivity contribution in [1.29, 1.82) is 0 Å². The minimum Gasteiger partial charge on any atom is -0.376 e. The molecule has 2 aliphatic rings. The molecule has 1 saturated heterocycles. The number of benzene rings is 1. The lowest BCUT2D eigenvalue weighted by Gasteiger charge is -2.24. The second-order valence-corrected chi connectivity index (χ2v) is 9.65. The van der Waals surface area contributed by atoms with Gasteiger partial charge in [0.25, 0.3) is 5.69 Å². The van der Waals surface area contributed by atoms with Crippen molar-refractivity contribution in [3.8, 4) is 0 Å². The van der Waals surface area contributed by atoms with E-state index in [2.05, 4.69) is 15.5 Å². The van der Waals surface area contributed by atoms with Crippen LogP contribution in [-0.2, 0) is 22.9 Å². The summed E-state index contributed by atoms with van der Waals surface area (Å²) in [5.41, 5.74) is 2.36. The minimum absolute atomic E-state index is 0.0163. The summed E-state index contributed by atoms with van der Waals surface area (Å²) in [5.74, 6) is 0. The van der Waals surface area contributed by atoms with Gasteiger partial charge in [-0.2, -0.15) is 9.40 Å². The number of nitro groups is 1. The van der Waals surface area contributed by atoms with Gasteiger partial charge in [-0.3, -0.25) is 15.2 Å². The Morgan fingerprint density at radius 1 is 1.21 bits per heavy atom. The highest BCUT2D eigenvalue weighted by Gasteiger charge is 2.29. The van der Waals surface area contributed by atoms with Crippen LogP contribution < -0.4 is 5.32 Å². The monoisotopic (exact) mass is 419 g/mol. The number of H-pyrrole nitrogens is 1. The third kappa shape index (κ3) is 4.13. The molecule has 1 aromatic carbocycles. The summed E-state index contributed by atoms with van der Waals surface area (Å²) in [6, 6.07) is 4.22. The van der Waals surface area contributed by atoms with Crippen LogP contribution in [0.3, 0.4) is 0 Å². The van der Waals surface area contributed by atoms with Crippen molar-refractivity contribution < 1.29 is 13.3 Å². The zero-order chi connectivity index (χ0) is 20.4. The number of hydrogen-bond donors (Lipinski definition) is 2. The fraction of sp³-hybridized carbons (Fsp3) is 0.526. The molecule has 1 atom stereocenters. The molecule has 1 aliphatic heterocycles. The van der Waals surface area contributed by atoms with Gasteiger partial charge in [0.05, 0.1) is 16.0 Å². The molecule has 2 heterocycles. The average molecular weight is 420 g/mol. The summed E-state index contributed by atoms with van der Waals surface area (Å²) in [4.78, 5) is 11.1. The number of nitrogens with zero attached hydrogens (tertiary/aromatic N) is 3. The van der Waals surface area contributed by atoms with E-state index in [1.807, 2.05) is 0 Å². The predicted molar refractivity (Wildman–Crippen MR) is 108 cm³/mol. The van der Waals surface area contributed by atoms with Crippen LogP contribution in [0, 0.1) is 10.1 Å². The molecule has 9 nitrogen and oxygen atoms in total. The summed E-state index contributed by atoms with van der Waals surface area (Å²) in [5, 5.41) is 21.9. The van der Waals surface area contributed by atoms with Crippen molar-refractivity contribution in [1.82, 2.24) is 14.5 Å². The van der Waals surface area contributed by atoms with E-state index < -0.39 is 14.9 Å². The largest absolute Gasteiger partial charge is 0.376 e. The molecule has 0 spiro atoms. The molecule has 1 aliphatic carbocycles. The second kappa shape index (κ2) is 8.11. The van der Waals surface area contributed by atoms with E-state index in [4.69, 9.17) is 0 Å². The number of anilines is 1. The predicted octanol–water partition coefficient (Wildman–Crippen LogP) is 2.85. The molecule has 0 bridgehead atoms. The number of aromatic nitrogens is 2. The van der Waals surface area contributed by atoms with Crippen LogP contribution in [0.25, 0.3) is 0 Å². The minimum atomic E-state index is -3.73. The Hall–Kier alpha value is -2.46. The SMILES string of the molecule is O=[N+]([O-])c1cc(S(=O)(=O)N2CCCCCC2)ccc1NC1CCc2[nH]ncc2C1. The van der Waals surface area contributed by atoms with Crippen LogP contribution in [-0.4, -0.2) is 47.0 Å². The van der Waals surface area contributed by atoms with E-state index in [0.717, 1.165) is 56.2 Å². The normalized spacial score (nSPS) is 20.6. The summed E-state index contributed by atoms with van der Waals surface area (Å²) in [7, 11) is -3.73. The number of hydrogen-bond acceptors (Lipinski definition) is 6. The van der Waals surface area contributed by atoms with E-state index in [0.29, 0.717) is 18.8 Å². The van der Waals surface area contributed by atoms with Gasteiger partial charge in [0.1, 0.15) is 5.69 Å². The number of nitrogens with one attached hydrogen (secondary N) is 2. The Morgan fingerprint density at radius 3 is 2.69 bits per heavy atom. The Labute approximate surface area is 169 Å². The first-order valence-corrected chi connectivity index (χ1v) is 11.5. The molecule has 0 amide bonds. The van der Waals surface area contributed by atoms with Crippen molar-refractivity contribution in [3.05, 3.63) is 45.8 Å². The molecule has 0 saturated carbocycles. The molecule has 0 radical (unpaired) electrons. The van der Waals surface area contributed by atoms with Crippen LogP contribution in [0.1, 0.15) is 43.4 Å². The molecule has 4 rings (SSSR count). The molecule has 1 aromatic heterocycles. The molecule has 10 heteroatoms. The number of aryl methyl sites for hydroxylation is 1. The van der Waals surface area contributed by atoms with Crippen molar-refractivity contribution in [2.75, 3.05) is 18.4 Å².